The van der Waals surface area contributed by atoms with Gasteiger partial charge in [0.2, 0.25) is 5.91 Å². The van der Waals surface area contributed by atoms with Crippen LogP contribution >= 0.6 is 0 Å². The maximum Gasteiger partial charge on any atom is 0.254 e. The highest BCUT2D eigenvalue weighted by molar-refractivity contribution is 7.90. The Hall–Kier alpha value is -5.16. The van der Waals surface area contributed by atoms with Crippen LogP contribution in [-0.2, 0) is 21.2 Å². The summed E-state index contributed by atoms with van der Waals surface area (Å²) < 4.78 is 30.7. The molecular formula is C34H35N5O5S. The first-order valence-corrected chi connectivity index (χ1v) is 16.5. The van der Waals surface area contributed by atoms with Crippen LogP contribution in [-0.4, -0.2) is 61.3 Å². The van der Waals surface area contributed by atoms with Gasteiger partial charge in [-0.2, -0.15) is 5.10 Å². The number of anilines is 2. The van der Waals surface area contributed by atoms with Crippen LogP contribution < -0.4 is 15.4 Å². The molecular weight excluding hydrogens is 590 g/mol. The van der Waals surface area contributed by atoms with Crippen molar-refractivity contribution in [1.29, 1.82) is 0 Å². The summed E-state index contributed by atoms with van der Waals surface area (Å²) in [6.45, 7) is 4.60. The van der Waals surface area contributed by atoms with E-state index < -0.39 is 9.84 Å². The largest absolute Gasteiger partial charge is 0.490 e. The van der Waals surface area contributed by atoms with Crippen molar-refractivity contribution in [2.24, 2.45) is 0 Å². The molecule has 5 aromatic rings. The molecule has 0 bridgehead atoms. The molecule has 1 aliphatic rings. The number of sulfone groups is 1. The van der Waals surface area contributed by atoms with E-state index in [-0.39, 0.29) is 36.4 Å². The predicted molar refractivity (Wildman–Crippen MR) is 176 cm³/mol. The van der Waals surface area contributed by atoms with Crippen LogP contribution in [0, 0.1) is 0 Å². The molecule has 1 aromatic heterocycles. The molecule has 0 atom stereocenters. The molecule has 4 aromatic carbocycles. The first-order chi connectivity index (χ1) is 21.7. The zero-order valence-electron chi connectivity index (χ0n) is 25.4. The van der Waals surface area contributed by atoms with Crippen molar-refractivity contribution < 1.29 is 22.7 Å². The fraction of sp³-hybridized carbons (Fsp3) is 0.206. The quantitative estimate of drug-likeness (QED) is 0.250. The number of amides is 2. The van der Waals surface area contributed by atoms with E-state index in [0.717, 1.165) is 5.56 Å². The summed E-state index contributed by atoms with van der Waals surface area (Å²) in [4.78, 5) is 31.0. The van der Waals surface area contributed by atoms with Crippen LogP contribution in [0.1, 0.15) is 29.8 Å². The zero-order valence-corrected chi connectivity index (χ0v) is 26.2. The number of aromatic nitrogens is 2. The molecule has 10 nitrogen and oxygen atoms in total. The second-order valence-electron chi connectivity index (χ2n) is 10.4. The second kappa shape index (κ2) is 13.2. The Balaban J connectivity index is 0.00000196. The molecule has 6 rings (SSSR count). The first kappa shape index (κ1) is 31.3. The number of hydrogen-bond acceptors (Lipinski definition) is 7. The summed E-state index contributed by atoms with van der Waals surface area (Å²) >= 11 is 0. The van der Waals surface area contributed by atoms with Gasteiger partial charge in [-0.25, -0.2) is 8.42 Å². The number of fused-ring (bicyclic) bond motifs is 2. The van der Waals surface area contributed by atoms with Crippen molar-refractivity contribution in [3.63, 3.8) is 0 Å². The molecule has 11 heteroatoms. The van der Waals surface area contributed by atoms with Crippen LogP contribution in [0.3, 0.4) is 0 Å². The van der Waals surface area contributed by atoms with Crippen molar-refractivity contribution in [3.05, 3.63) is 102 Å². The molecule has 0 radical (unpaired) electrons. The predicted octanol–water partition coefficient (Wildman–Crippen LogP) is 5.31. The van der Waals surface area contributed by atoms with Gasteiger partial charge in [0, 0.05) is 29.3 Å². The number of ether oxygens (including phenoxy) is 1. The monoisotopic (exact) mass is 625 g/mol. The van der Waals surface area contributed by atoms with Crippen LogP contribution in [0.5, 0.6) is 5.75 Å². The second-order valence-corrected chi connectivity index (χ2v) is 12.3. The molecule has 2 heterocycles. The van der Waals surface area contributed by atoms with E-state index in [9.17, 15) is 18.0 Å². The fourth-order valence-electron chi connectivity index (χ4n) is 5.28. The van der Waals surface area contributed by atoms with E-state index in [1.165, 1.54) is 11.2 Å². The summed E-state index contributed by atoms with van der Waals surface area (Å²) in [6.07, 6.45) is 1.17. The molecule has 0 fully saturated rings. The number of rotatable bonds is 7. The lowest BCUT2D eigenvalue weighted by Gasteiger charge is -2.32. The third-order valence-electron chi connectivity index (χ3n) is 7.39. The average molecular weight is 626 g/mol. The molecule has 0 unspecified atom stereocenters. The molecule has 1 aliphatic heterocycles. The number of carbonyl (C=O) groups is 2. The molecule has 0 aliphatic carbocycles. The third-order valence-corrected chi connectivity index (χ3v) is 8.55. The molecule has 232 valence electrons. The normalized spacial score (nSPS) is 12.5. The smallest absolute Gasteiger partial charge is 0.254 e. The van der Waals surface area contributed by atoms with Crippen LogP contribution in [0.2, 0.25) is 0 Å². The van der Waals surface area contributed by atoms with Crippen molar-refractivity contribution >= 4 is 44.1 Å². The van der Waals surface area contributed by atoms with Crippen LogP contribution in [0.15, 0.2) is 95.9 Å². The number of hydrogen-bond donors (Lipinski definition) is 2. The Morgan fingerprint density at radius 2 is 1.71 bits per heavy atom. The van der Waals surface area contributed by atoms with Gasteiger partial charge in [-0.1, -0.05) is 68.4 Å². The van der Waals surface area contributed by atoms with Gasteiger partial charge in [-0.3, -0.25) is 14.7 Å². The number of nitrogens with one attached hydrogen (secondary N) is 1. The Bertz CT molecular complexity index is 1960. The lowest BCUT2D eigenvalue weighted by molar-refractivity contribution is -0.119. The van der Waals surface area contributed by atoms with E-state index in [2.05, 4.69) is 10.2 Å². The standard InChI is InChI=1S/C32H29N5O5S.C2H6/c1-43(40,41)29-10-6-5-9-24(29)22-12-14-27-28(18-22)42-16-15-37(27)30(38)20-36(19-21-7-3-2-4-8-21)32(39)23-11-13-26-25(17-23)31(33)35-34-26;1-2/h2-14,17-18H,15-16,19-20H2,1H3,(H3,33,34,35);1-2H3. The number of nitrogen functional groups attached to an aromatic ring is 1. The summed E-state index contributed by atoms with van der Waals surface area (Å²) in [5.74, 6) is 0.156. The van der Waals surface area contributed by atoms with Crippen molar-refractivity contribution in [2.45, 2.75) is 25.3 Å². The van der Waals surface area contributed by atoms with Gasteiger partial charge in [0.15, 0.2) is 15.7 Å². The lowest BCUT2D eigenvalue weighted by atomic mass is 10.0. The highest BCUT2D eigenvalue weighted by Gasteiger charge is 2.28. The Labute approximate surface area is 262 Å². The topological polar surface area (TPSA) is 139 Å². The van der Waals surface area contributed by atoms with E-state index in [0.29, 0.717) is 51.4 Å². The summed E-state index contributed by atoms with van der Waals surface area (Å²) in [5, 5.41) is 7.47. The van der Waals surface area contributed by atoms with Crippen molar-refractivity contribution in [2.75, 3.05) is 36.6 Å². The van der Waals surface area contributed by atoms with E-state index in [4.69, 9.17) is 10.5 Å². The number of nitrogens with two attached hydrogens (primary N) is 1. The van der Waals surface area contributed by atoms with Gasteiger partial charge in [0.25, 0.3) is 5.91 Å². The SMILES string of the molecule is CC.CS(=O)(=O)c1ccccc1-c1ccc2c(c1)OCCN2C(=O)CN(Cc1ccccc1)C(=O)c1ccc2[nH]nc(N)c2c1. The van der Waals surface area contributed by atoms with Gasteiger partial charge in [-0.15, -0.1) is 0 Å². The Morgan fingerprint density at radius 3 is 2.47 bits per heavy atom. The highest BCUT2D eigenvalue weighted by atomic mass is 32.2. The Kier molecular flexibility index (Phi) is 9.19. The van der Waals surface area contributed by atoms with Gasteiger partial charge in [-0.05, 0) is 47.5 Å². The minimum atomic E-state index is -3.46. The van der Waals surface area contributed by atoms with E-state index in [1.54, 1.807) is 65.6 Å². The maximum absolute atomic E-state index is 13.8. The molecule has 0 spiro atoms. The minimum Gasteiger partial charge on any atom is -0.490 e. The molecule has 3 N–H and O–H groups in total. The molecule has 2 amide bonds. The average Bonchev–Trinajstić information content (AvgIpc) is 3.44. The molecule has 0 saturated heterocycles. The van der Waals surface area contributed by atoms with Crippen LogP contribution in [0.4, 0.5) is 11.5 Å². The summed E-state index contributed by atoms with van der Waals surface area (Å²) in [7, 11) is -3.46. The molecule has 0 saturated carbocycles. The highest BCUT2D eigenvalue weighted by Crippen LogP contribution is 2.37. The number of aromatic amines is 1. The zero-order chi connectivity index (χ0) is 32.1. The lowest BCUT2D eigenvalue weighted by Crippen LogP contribution is -2.45. The van der Waals surface area contributed by atoms with Gasteiger partial charge in [0.05, 0.1) is 22.6 Å². The van der Waals surface area contributed by atoms with Crippen molar-refractivity contribution in [1.82, 2.24) is 15.1 Å². The van der Waals surface area contributed by atoms with E-state index >= 15 is 0 Å². The first-order valence-electron chi connectivity index (χ1n) is 14.6. The number of nitrogens with zero attached hydrogens (tertiary/aromatic N) is 3. The minimum absolute atomic E-state index is 0.176. The van der Waals surface area contributed by atoms with Gasteiger partial charge in [0.1, 0.15) is 18.9 Å². The van der Waals surface area contributed by atoms with E-state index in [1.807, 2.05) is 44.2 Å². The van der Waals surface area contributed by atoms with Gasteiger partial charge < -0.3 is 20.3 Å². The number of carbonyl (C=O) groups excluding carboxylic acids is 2. The summed E-state index contributed by atoms with van der Waals surface area (Å²) in [6, 6.07) is 26.6. The number of H-pyrrole nitrogens is 1. The third kappa shape index (κ3) is 6.68. The van der Waals surface area contributed by atoms with Crippen LogP contribution in [0.25, 0.3) is 22.0 Å². The summed E-state index contributed by atoms with van der Waals surface area (Å²) in [5.41, 5.74) is 9.72. The van der Waals surface area contributed by atoms with Crippen molar-refractivity contribution in [3.8, 4) is 16.9 Å². The Morgan fingerprint density at radius 1 is 0.978 bits per heavy atom. The van der Waals surface area contributed by atoms with Gasteiger partial charge >= 0.3 is 0 Å². The number of benzene rings is 4. The maximum atomic E-state index is 13.8. The fourth-order valence-corrected chi connectivity index (χ4v) is 6.19. The molecule has 45 heavy (non-hydrogen) atoms.